The number of rotatable bonds is 5. The summed E-state index contributed by atoms with van der Waals surface area (Å²) in [5.74, 6) is 1.60. The van der Waals surface area contributed by atoms with Gasteiger partial charge in [-0.15, -0.1) is 11.3 Å². The third-order valence-electron chi connectivity index (χ3n) is 12.3. The maximum Gasteiger partial charge on any atom is 0.162 e. The molecule has 4 heterocycles. The molecular formula is C56H34N4S. The number of hydrogen-bond donors (Lipinski definition) is 0. The van der Waals surface area contributed by atoms with Crippen molar-refractivity contribution in [2.24, 2.45) is 0 Å². The van der Waals surface area contributed by atoms with Gasteiger partial charge in [-0.2, -0.15) is 0 Å². The second kappa shape index (κ2) is 13.3. The summed E-state index contributed by atoms with van der Waals surface area (Å²) >= 11 is 1.76. The molecule has 0 unspecified atom stereocenters. The van der Waals surface area contributed by atoms with Crippen LogP contribution in [0.3, 0.4) is 0 Å². The summed E-state index contributed by atoms with van der Waals surface area (Å²) in [6.07, 6.45) is 0. The van der Waals surface area contributed by atoms with Crippen molar-refractivity contribution < 1.29 is 0 Å². The predicted octanol–water partition coefficient (Wildman–Crippen LogP) is 15.2. The minimum atomic E-state index is 0.711. The zero-order chi connectivity index (χ0) is 40.0. The predicted molar refractivity (Wildman–Crippen MR) is 257 cm³/mol. The molecule has 0 saturated carbocycles. The lowest BCUT2D eigenvalue weighted by Crippen LogP contribution is -2.01. The van der Waals surface area contributed by atoms with Crippen LogP contribution in [0, 0.1) is 0 Å². The third-order valence-corrected chi connectivity index (χ3v) is 13.5. The van der Waals surface area contributed by atoms with E-state index in [2.05, 4.69) is 209 Å². The van der Waals surface area contributed by atoms with Gasteiger partial charge in [0.15, 0.2) is 11.6 Å². The lowest BCUT2D eigenvalue weighted by Gasteiger charge is -2.11. The number of benzene rings is 9. The highest BCUT2D eigenvalue weighted by atomic mass is 32.1. The van der Waals surface area contributed by atoms with Crippen molar-refractivity contribution in [3.8, 4) is 44.5 Å². The van der Waals surface area contributed by atoms with E-state index in [4.69, 9.17) is 9.97 Å². The highest BCUT2D eigenvalue weighted by molar-refractivity contribution is 7.22. The Kier molecular flexibility index (Phi) is 7.44. The van der Waals surface area contributed by atoms with E-state index < -0.39 is 0 Å². The summed E-state index contributed by atoms with van der Waals surface area (Å²) in [5, 5.41) is 9.85. The molecule has 0 bridgehead atoms. The van der Waals surface area contributed by atoms with Crippen molar-refractivity contribution in [1.82, 2.24) is 19.1 Å². The van der Waals surface area contributed by atoms with Gasteiger partial charge in [-0.25, -0.2) is 9.97 Å². The Morgan fingerprint density at radius 3 is 1.49 bits per heavy atom. The van der Waals surface area contributed by atoms with Crippen LogP contribution in [0.15, 0.2) is 206 Å². The molecule has 0 N–H and O–H groups in total. The Morgan fingerprint density at radius 1 is 0.361 bits per heavy atom. The molecule has 0 fully saturated rings. The molecule has 13 aromatic rings. The summed E-state index contributed by atoms with van der Waals surface area (Å²) in [6, 6.07) is 74.4. The van der Waals surface area contributed by atoms with Gasteiger partial charge >= 0.3 is 0 Å². The Hall–Kier alpha value is -7.86. The second-order valence-electron chi connectivity index (χ2n) is 15.8. The van der Waals surface area contributed by atoms with Crippen LogP contribution in [-0.2, 0) is 0 Å². The molecule has 0 radical (unpaired) electrons. The summed E-state index contributed by atoms with van der Waals surface area (Å²) in [5.41, 5.74) is 11.2. The zero-order valence-corrected chi connectivity index (χ0v) is 33.6. The molecule has 4 nitrogen and oxygen atoms in total. The molecule has 0 atom stereocenters. The van der Waals surface area contributed by atoms with Gasteiger partial charge in [0.2, 0.25) is 0 Å². The van der Waals surface area contributed by atoms with Crippen molar-refractivity contribution in [2.75, 3.05) is 0 Å². The third kappa shape index (κ3) is 5.24. The molecule has 0 aliphatic rings. The molecule has 5 heteroatoms. The summed E-state index contributed by atoms with van der Waals surface area (Å²) in [7, 11) is 0. The van der Waals surface area contributed by atoms with Gasteiger partial charge in [0, 0.05) is 37.7 Å². The van der Waals surface area contributed by atoms with Crippen molar-refractivity contribution in [2.45, 2.75) is 0 Å². The van der Waals surface area contributed by atoms with E-state index in [1.54, 1.807) is 11.3 Å². The van der Waals surface area contributed by atoms with E-state index in [0.717, 1.165) is 38.3 Å². The normalized spacial score (nSPS) is 11.9. The molecule has 9 aromatic carbocycles. The van der Waals surface area contributed by atoms with E-state index in [1.165, 1.54) is 75.7 Å². The molecule has 4 aromatic heterocycles. The Bertz CT molecular complexity index is 3860. The van der Waals surface area contributed by atoms with Crippen molar-refractivity contribution >= 4 is 86.7 Å². The van der Waals surface area contributed by atoms with E-state index >= 15 is 0 Å². The van der Waals surface area contributed by atoms with Crippen LogP contribution >= 0.6 is 11.3 Å². The summed E-state index contributed by atoms with van der Waals surface area (Å²) < 4.78 is 5.84. The van der Waals surface area contributed by atoms with Crippen LogP contribution in [0.1, 0.15) is 0 Å². The van der Waals surface area contributed by atoms with Gasteiger partial charge in [-0.05, 0) is 92.8 Å². The number of hydrogen-bond acceptors (Lipinski definition) is 3. The fourth-order valence-corrected chi connectivity index (χ4v) is 10.6. The summed E-state index contributed by atoms with van der Waals surface area (Å²) in [4.78, 5) is 11.8. The largest absolute Gasteiger partial charge is 0.309 e. The average Bonchev–Trinajstić information content (AvgIpc) is 4.02. The van der Waals surface area contributed by atoms with E-state index in [-0.39, 0.29) is 0 Å². The van der Waals surface area contributed by atoms with Gasteiger partial charge in [-0.3, -0.25) is 4.57 Å². The zero-order valence-electron chi connectivity index (χ0n) is 32.8. The molecule has 61 heavy (non-hydrogen) atoms. The van der Waals surface area contributed by atoms with Gasteiger partial charge in [0.05, 0.1) is 32.3 Å². The molecular weight excluding hydrogens is 761 g/mol. The maximum atomic E-state index is 5.46. The number of thiophene rings is 1. The molecule has 284 valence electrons. The van der Waals surface area contributed by atoms with E-state index in [9.17, 15) is 0 Å². The standard InChI is InChI=1S/C56H34N4S/c1-4-16-37(17-5-1)51-34-46-54(61-51)56(58-55(57-46)38-18-6-2-7-19-38)60-48-29-27-40(33-45(48)53-43-23-13-11-15-36(43)25-31-50(53)60)39-26-28-47-44(32-39)52-42-22-12-10-14-35(42)24-30-49(52)59(47)41-20-8-3-9-21-41/h1-34H. The smallest absolute Gasteiger partial charge is 0.162 e. The number of para-hydroxylation sites is 1. The lowest BCUT2D eigenvalue weighted by atomic mass is 9.98. The average molecular weight is 795 g/mol. The molecule has 0 spiro atoms. The molecule has 13 rings (SSSR count). The van der Waals surface area contributed by atoms with Crippen LogP contribution in [0.25, 0.3) is 120 Å². The number of nitrogens with zero attached hydrogens (tertiary/aromatic N) is 4. The molecule has 0 saturated heterocycles. The first-order chi connectivity index (χ1) is 30.2. The minimum Gasteiger partial charge on any atom is -0.309 e. The highest BCUT2D eigenvalue weighted by Gasteiger charge is 2.22. The van der Waals surface area contributed by atoms with Crippen LogP contribution < -0.4 is 0 Å². The Balaban J connectivity index is 1.09. The highest BCUT2D eigenvalue weighted by Crippen LogP contribution is 2.44. The monoisotopic (exact) mass is 794 g/mol. The lowest BCUT2D eigenvalue weighted by molar-refractivity contribution is 1.08. The molecule has 0 aliphatic heterocycles. The van der Waals surface area contributed by atoms with E-state index in [1.807, 2.05) is 6.07 Å². The molecule has 0 amide bonds. The fourth-order valence-electron chi connectivity index (χ4n) is 9.55. The second-order valence-corrected chi connectivity index (χ2v) is 16.8. The van der Waals surface area contributed by atoms with Crippen LogP contribution in [0.4, 0.5) is 0 Å². The van der Waals surface area contributed by atoms with Crippen LogP contribution in [0.2, 0.25) is 0 Å². The van der Waals surface area contributed by atoms with Crippen molar-refractivity contribution in [3.63, 3.8) is 0 Å². The van der Waals surface area contributed by atoms with Gasteiger partial charge in [0.1, 0.15) is 0 Å². The first kappa shape index (κ1) is 34.0. The minimum absolute atomic E-state index is 0.711. The first-order valence-electron chi connectivity index (χ1n) is 20.7. The van der Waals surface area contributed by atoms with Gasteiger partial charge < -0.3 is 4.57 Å². The van der Waals surface area contributed by atoms with Crippen LogP contribution in [-0.4, -0.2) is 19.1 Å². The maximum absolute atomic E-state index is 5.46. The first-order valence-corrected chi connectivity index (χ1v) is 21.5. The molecule has 0 aliphatic carbocycles. The fraction of sp³-hybridized carbons (Fsp3) is 0. The van der Waals surface area contributed by atoms with Crippen molar-refractivity contribution in [3.05, 3.63) is 206 Å². The number of fused-ring (bicyclic) bond motifs is 11. The summed E-state index contributed by atoms with van der Waals surface area (Å²) in [6.45, 7) is 0. The Labute approximate surface area is 354 Å². The van der Waals surface area contributed by atoms with Gasteiger partial charge in [0.25, 0.3) is 0 Å². The van der Waals surface area contributed by atoms with Gasteiger partial charge in [-0.1, -0.05) is 152 Å². The van der Waals surface area contributed by atoms with Crippen molar-refractivity contribution in [1.29, 1.82) is 0 Å². The Morgan fingerprint density at radius 2 is 0.869 bits per heavy atom. The van der Waals surface area contributed by atoms with E-state index in [0.29, 0.717) is 5.82 Å². The quantitative estimate of drug-likeness (QED) is 0.174. The topological polar surface area (TPSA) is 35.6 Å². The number of aromatic nitrogens is 4. The SMILES string of the molecule is c1ccc(-c2nc(-n3c4ccc(-c5ccc6c(c5)c5c7ccccc7ccc5n6-c5ccccc5)cc4c4c5ccccc5ccc43)c3sc(-c4ccccc4)cc3n2)cc1. The van der Waals surface area contributed by atoms with Crippen LogP contribution in [0.5, 0.6) is 0 Å².